The number of carbonyl (C=O) groups is 1. The van der Waals surface area contributed by atoms with E-state index in [1.54, 1.807) is 17.0 Å². The van der Waals surface area contributed by atoms with Crippen LogP contribution in [0.1, 0.15) is 50.4 Å². The largest absolute Gasteiger partial charge is 0.381 e. The quantitative estimate of drug-likeness (QED) is 0.595. The fourth-order valence-electron chi connectivity index (χ4n) is 4.71. The van der Waals surface area contributed by atoms with Crippen molar-refractivity contribution in [1.29, 1.82) is 0 Å². The van der Waals surface area contributed by atoms with E-state index >= 15 is 0 Å². The number of carbonyl (C=O) groups excluding carboxylic acids is 1. The molecule has 0 saturated carbocycles. The maximum atomic E-state index is 12.8. The highest BCUT2D eigenvalue weighted by Crippen LogP contribution is 2.26. The third kappa shape index (κ3) is 5.01. The zero-order valence-corrected chi connectivity index (χ0v) is 17.2. The zero-order valence-electron chi connectivity index (χ0n) is 17.2. The summed E-state index contributed by atoms with van der Waals surface area (Å²) in [5.74, 6) is 1.18. The Labute approximate surface area is 167 Å². The van der Waals surface area contributed by atoms with Crippen LogP contribution in [0.15, 0.2) is 18.2 Å². The van der Waals surface area contributed by atoms with E-state index in [0.717, 1.165) is 38.2 Å². The van der Waals surface area contributed by atoms with Crippen LogP contribution >= 0.6 is 0 Å². The molecule has 3 unspecified atom stereocenters. The SMILES string of the molecule is CC1CC(C)CN(CC(C)Nc2ccc([N+](=O)[O-])c(C(=O)N3CCCC3)c2)C1. The van der Waals surface area contributed by atoms with E-state index in [2.05, 4.69) is 31.0 Å². The number of amides is 1. The Morgan fingerprint density at radius 3 is 2.50 bits per heavy atom. The fourth-order valence-corrected chi connectivity index (χ4v) is 4.71. The first-order valence-corrected chi connectivity index (χ1v) is 10.4. The third-order valence-electron chi connectivity index (χ3n) is 5.71. The number of rotatable bonds is 6. The van der Waals surface area contributed by atoms with Gasteiger partial charge in [0.25, 0.3) is 11.6 Å². The van der Waals surface area contributed by atoms with Gasteiger partial charge in [0, 0.05) is 50.5 Å². The number of hydrogen-bond acceptors (Lipinski definition) is 5. The summed E-state index contributed by atoms with van der Waals surface area (Å²) < 4.78 is 0. The lowest BCUT2D eigenvalue weighted by atomic mass is 9.92. The summed E-state index contributed by atoms with van der Waals surface area (Å²) in [5, 5.41) is 14.8. The van der Waals surface area contributed by atoms with Crippen molar-refractivity contribution in [3.63, 3.8) is 0 Å². The Morgan fingerprint density at radius 2 is 1.89 bits per heavy atom. The zero-order chi connectivity index (χ0) is 20.3. The maximum absolute atomic E-state index is 12.8. The molecular weight excluding hydrogens is 356 g/mol. The van der Waals surface area contributed by atoms with E-state index in [1.807, 2.05) is 0 Å². The molecule has 0 radical (unpaired) electrons. The molecule has 2 saturated heterocycles. The molecule has 2 aliphatic heterocycles. The van der Waals surface area contributed by atoms with Crippen LogP contribution in [0.25, 0.3) is 0 Å². The standard InChI is InChI=1S/C21H32N4O3/c1-15-10-16(2)13-23(12-15)14-17(3)22-18-6-7-20(25(27)28)19(11-18)21(26)24-8-4-5-9-24/h6-7,11,15-17,22H,4-5,8-10,12-14H2,1-3H3. The van der Waals surface area contributed by atoms with Crippen molar-refractivity contribution in [2.75, 3.05) is 38.0 Å². The van der Waals surface area contributed by atoms with Gasteiger partial charge in [-0.25, -0.2) is 0 Å². The summed E-state index contributed by atoms with van der Waals surface area (Å²) in [6.45, 7) is 11.2. The molecule has 2 heterocycles. The molecule has 2 fully saturated rings. The van der Waals surface area contributed by atoms with E-state index in [0.29, 0.717) is 24.9 Å². The van der Waals surface area contributed by atoms with Crippen molar-refractivity contribution in [2.24, 2.45) is 11.8 Å². The number of piperidine rings is 1. The molecule has 1 amide bonds. The first kappa shape index (κ1) is 20.6. The second-order valence-electron chi connectivity index (χ2n) is 8.70. The highest BCUT2D eigenvalue weighted by atomic mass is 16.6. The number of nitro benzene ring substituents is 1. The van der Waals surface area contributed by atoms with Crippen LogP contribution in [0.5, 0.6) is 0 Å². The number of benzene rings is 1. The van der Waals surface area contributed by atoms with Gasteiger partial charge in [-0.2, -0.15) is 0 Å². The van der Waals surface area contributed by atoms with Crippen LogP contribution in [0.3, 0.4) is 0 Å². The summed E-state index contributed by atoms with van der Waals surface area (Å²) in [6.07, 6.45) is 3.20. The third-order valence-corrected chi connectivity index (χ3v) is 5.71. The van der Waals surface area contributed by atoms with E-state index in [9.17, 15) is 14.9 Å². The van der Waals surface area contributed by atoms with Crippen molar-refractivity contribution in [1.82, 2.24) is 9.80 Å². The number of nitrogens with one attached hydrogen (secondary N) is 1. The lowest BCUT2D eigenvalue weighted by Crippen LogP contribution is -2.43. The van der Waals surface area contributed by atoms with Crippen molar-refractivity contribution >= 4 is 17.3 Å². The lowest BCUT2D eigenvalue weighted by Gasteiger charge is -2.36. The average molecular weight is 389 g/mol. The van der Waals surface area contributed by atoms with Crippen molar-refractivity contribution in [2.45, 2.75) is 46.1 Å². The monoisotopic (exact) mass is 388 g/mol. The van der Waals surface area contributed by atoms with E-state index in [4.69, 9.17) is 0 Å². The molecule has 2 aliphatic rings. The Hall–Kier alpha value is -2.15. The van der Waals surface area contributed by atoms with Gasteiger partial charge >= 0.3 is 0 Å². The van der Waals surface area contributed by atoms with Gasteiger partial charge in [0.1, 0.15) is 5.56 Å². The summed E-state index contributed by atoms with van der Waals surface area (Å²) >= 11 is 0. The average Bonchev–Trinajstić information content (AvgIpc) is 3.14. The molecule has 3 rings (SSSR count). The Kier molecular flexibility index (Phi) is 6.54. The fraction of sp³-hybridized carbons (Fsp3) is 0.667. The van der Waals surface area contributed by atoms with Gasteiger partial charge in [0.05, 0.1) is 4.92 Å². The van der Waals surface area contributed by atoms with Crippen LogP contribution < -0.4 is 5.32 Å². The maximum Gasteiger partial charge on any atom is 0.282 e. The smallest absolute Gasteiger partial charge is 0.282 e. The highest BCUT2D eigenvalue weighted by molar-refractivity contribution is 5.99. The van der Waals surface area contributed by atoms with Gasteiger partial charge in [-0.15, -0.1) is 0 Å². The first-order chi connectivity index (χ1) is 13.3. The molecule has 28 heavy (non-hydrogen) atoms. The number of anilines is 1. The van der Waals surface area contributed by atoms with E-state index in [-0.39, 0.29) is 23.2 Å². The summed E-state index contributed by atoms with van der Waals surface area (Å²) in [5.41, 5.74) is 0.830. The topological polar surface area (TPSA) is 78.7 Å². The minimum Gasteiger partial charge on any atom is -0.381 e. The number of nitro groups is 1. The predicted octanol–water partition coefficient (Wildman–Crippen LogP) is 3.61. The van der Waals surface area contributed by atoms with Crippen molar-refractivity contribution < 1.29 is 9.72 Å². The normalized spacial score (nSPS) is 24.2. The molecule has 0 spiro atoms. The summed E-state index contributed by atoms with van der Waals surface area (Å²) in [4.78, 5) is 27.9. The Morgan fingerprint density at radius 1 is 1.25 bits per heavy atom. The van der Waals surface area contributed by atoms with Crippen LogP contribution in [0.4, 0.5) is 11.4 Å². The van der Waals surface area contributed by atoms with Crippen LogP contribution in [0.2, 0.25) is 0 Å². The second-order valence-corrected chi connectivity index (χ2v) is 8.70. The molecular formula is C21H32N4O3. The lowest BCUT2D eigenvalue weighted by molar-refractivity contribution is -0.385. The van der Waals surface area contributed by atoms with Crippen LogP contribution in [0, 0.1) is 22.0 Å². The Balaban J connectivity index is 1.70. The minimum absolute atomic E-state index is 0.117. The summed E-state index contributed by atoms with van der Waals surface area (Å²) in [7, 11) is 0. The van der Waals surface area contributed by atoms with Gasteiger partial charge in [0.2, 0.25) is 0 Å². The summed E-state index contributed by atoms with van der Waals surface area (Å²) in [6, 6.07) is 4.99. The molecule has 7 nitrogen and oxygen atoms in total. The van der Waals surface area contributed by atoms with Gasteiger partial charge < -0.3 is 15.1 Å². The first-order valence-electron chi connectivity index (χ1n) is 10.4. The van der Waals surface area contributed by atoms with Gasteiger partial charge in [-0.3, -0.25) is 14.9 Å². The number of nitrogens with zero attached hydrogens (tertiary/aromatic N) is 3. The molecule has 0 aliphatic carbocycles. The highest BCUT2D eigenvalue weighted by Gasteiger charge is 2.27. The molecule has 7 heteroatoms. The van der Waals surface area contributed by atoms with E-state index < -0.39 is 4.92 Å². The van der Waals surface area contributed by atoms with Crippen LogP contribution in [-0.2, 0) is 0 Å². The molecule has 1 N–H and O–H groups in total. The molecule has 1 aromatic carbocycles. The van der Waals surface area contributed by atoms with Crippen molar-refractivity contribution in [3.8, 4) is 0 Å². The molecule has 0 aromatic heterocycles. The van der Waals surface area contributed by atoms with Gasteiger partial charge in [0.15, 0.2) is 0 Å². The Bertz CT molecular complexity index is 708. The van der Waals surface area contributed by atoms with Crippen LogP contribution in [-0.4, -0.2) is 59.4 Å². The molecule has 154 valence electrons. The number of likely N-dealkylation sites (tertiary alicyclic amines) is 2. The van der Waals surface area contributed by atoms with Crippen molar-refractivity contribution in [3.05, 3.63) is 33.9 Å². The van der Waals surface area contributed by atoms with Gasteiger partial charge in [-0.05, 0) is 50.2 Å². The molecule has 0 bridgehead atoms. The van der Waals surface area contributed by atoms with E-state index in [1.165, 1.54) is 12.5 Å². The minimum atomic E-state index is -0.465. The predicted molar refractivity (Wildman–Crippen MR) is 111 cm³/mol. The second kappa shape index (κ2) is 8.90. The molecule has 1 aromatic rings. The number of hydrogen-bond donors (Lipinski definition) is 1. The van der Waals surface area contributed by atoms with Gasteiger partial charge in [-0.1, -0.05) is 13.8 Å². The molecule has 3 atom stereocenters.